The van der Waals surface area contributed by atoms with Crippen LogP contribution in [-0.4, -0.2) is 5.91 Å². The Morgan fingerprint density at radius 2 is 1.92 bits per heavy atom. The van der Waals surface area contributed by atoms with Crippen molar-refractivity contribution in [2.75, 3.05) is 5.32 Å². The van der Waals surface area contributed by atoms with Gasteiger partial charge >= 0.3 is 0 Å². The van der Waals surface area contributed by atoms with Crippen molar-refractivity contribution in [3.63, 3.8) is 0 Å². The highest BCUT2D eigenvalue weighted by molar-refractivity contribution is 9.10. The number of anilines is 1. The van der Waals surface area contributed by atoms with E-state index >= 15 is 0 Å². The largest absolute Gasteiger partial charge is 0.451 e. The molecule has 0 fully saturated rings. The number of benzene rings is 2. The Balaban J connectivity index is 1.85. The molecule has 0 saturated carbocycles. The summed E-state index contributed by atoms with van der Waals surface area (Å²) in [5.41, 5.74) is 3.51. The van der Waals surface area contributed by atoms with Crippen LogP contribution in [0, 0.1) is 13.8 Å². The van der Waals surface area contributed by atoms with E-state index in [1.807, 2.05) is 50.2 Å². The van der Waals surface area contributed by atoms with Gasteiger partial charge in [-0.25, -0.2) is 0 Å². The van der Waals surface area contributed by atoms with Crippen LogP contribution < -0.4 is 5.32 Å². The number of rotatable bonds is 3. The second kappa shape index (κ2) is 6.83. The number of carbonyl (C=O) groups is 1. The van der Waals surface area contributed by atoms with Crippen LogP contribution in [0.5, 0.6) is 0 Å². The standard InChI is InChI=1S/C19H15BrClNO2/c1-11-10-13(20)6-7-16(11)22-19(23)18-9-8-17(24-18)14-4-3-5-15(21)12(14)2/h3-10H,1-2H3,(H,22,23). The highest BCUT2D eigenvalue weighted by atomic mass is 79.9. The molecule has 1 aromatic heterocycles. The number of amides is 1. The van der Waals surface area contributed by atoms with E-state index in [0.717, 1.165) is 26.9 Å². The van der Waals surface area contributed by atoms with Crippen molar-refractivity contribution in [2.24, 2.45) is 0 Å². The van der Waals surface area contributed by atoms with Gasteiger partial charge in [0, 0.05) is 20.7 Å². The molecule has 5 heteroatoms. The number of aryl methyl sites for hydroxylation is 1. The molecule has 0 aliphatic rings. The zero-order valence-corrected chi connectivity index (χ0v) is 15.5. The summed E-state index contributed by atoms with van der Waals surface area (Å²) in [5.74, 6) is 0.589. The quantitative estimate of drug-likeness (QED) is 0.562. The Bertz CT molecular complexity index is 917. The molecule has 0 saturated heterocycles. The molecule has 122 valence electrons. The van der Waals surface area contributed by atoms with Crippen LogP contribution in [0.1, 0.15) is 21.7 Å². The summed E-state index contributed by atoms with van der Waals surface area (Å²) in [5, 5.41) is 3.53. The van der Waals surface area contributed by atoms with Crippen molar-refractivity contribution in [1.29, 1.82) is 0 Å². The fourth-order valence-corrected chi connectivity index (χ4v) is 3.08. The molecule has 1 amide bonds. The van der Waals surface area contributed by atoms with E-state index < -0.39 is 0 Å². The van der Waals surface area contributed by atoms with Gasteiger partial charge in [-0.15, -0.1) is 0 Å². The molecule has 1 heterocycles. The highest BCUT2D eigenvalue weighted by Crippen LogP contribution is 2.30. The molecule has 2 aromatic carbocycles. The molecule has 0 aliphatic carbocycles. The van der Waals surface area contributed by atoms with Crippen LogP contribution in [0.15, 0.2) is 57.4 Å². The van der Waals surface area contributed by atoms with Gasteiger partial charge in [0.25, 0.3) is 5.91 Å². The predicted molar refractivity (Wildman–Crippen MR) is 101 cm³/mol. The van der Waals surface area contributed by atoms with Crippen LogP contribution in [0.25, 0.3) is 11.3 Å². The second-order valence-electron chi connectivity index (χ2n) is 5.49. The van der Waals surface area contributed by atoms with Gasteiger partial charge in [0.15, 0.2) is 5.76 Å². The first-order chi connectivity index (χ1) is 11.5. The van der Waals surface area contributed by atoms with Gasteiger partial charge in [-0.1, -0.05) is 39.7 Å². The molecule has 0 atom stereocenters. The maximum Gasteiger partial charge on any atom is 0.291 e. The van der Waals surface area contributed by atoms with E-state index in [1.165, 1.54) is 0 Å². The lowest BCUT2D eigenvalue weighted by Crippen LogP contribution is -2.11. The van der Waals surface area contributed by atoms with E-state index in [0.29, 0.717) is 10.8 Å². The van der Waals surface area contributed by atoms with Gasteiger partial charge < -0.3 is 9.73 Å². The predicted octanol–water partition coefficient (Wildman–Crippen LogP) is 6.23. The van der Waals surface area contributed by atoms with Crippen molar-refractivity contribution >= 4 is 39.1 Å². The Kier molecular flexibility index (Phi) is 4.78. The van der Waals surface area contributed by atoms with E-state index in [4.69, 9.17) is 16.0 Å². The Hall–Kier alpha value is -2.04. The average molecular weight is 405 g/mol. The lowest BCUT2D eigenvalue weighted by Gasteiger charge is -2.07. The second-order valence-corrected chi connectivity index (χ2v) is 6.81. The van der Waals surface area contributed by atoms with Gasteiger partial charge in [0.05, 0.1) is 0 Å². The molecule has 3 aromatic rings. The summed E-state index contributed by atoms with van der Waals surface area (Å²) >= 11 is 9.55. The van der Waals surface area contributed by atoms with Crippen molar-refractivity contribution in [2.45, 2.75) is 13.8 Å². The summed E-state index contributed by atoms with van der Waals surface area (Å²) in [7, 11) is 0. The third kappa shape index (κ3) is 3.40. The van der Waals surface area contributed by atoms with Crippen LogP contribution in [-0.2, 0) is 0 Å². The molecule has 3 rings (SSSR count). The molecule has 0 aliphatic heterocycles. The van der Waals surface area contributed by atoms with Gasteiger partial charge in [-0.05, 0) is 61.4 Å². The van der Waals surface area contributed by atoms with Crippen molar-refractivity contribution in [3.8, 4) is 11.3 Å². The third-order valence-corrected chi connectivity index (χ3v) is 4.70. The van der Waals surface area contributed by atoms with E-state index in [2.05, 4.69) is 21.2 Å². The summed E-state index contributed by atoms with van der Waals surface area (Å²) in [6.45, 7) is 3.86. The minimum absolute atomic E-state index is 0.256. The summed E-state index contributed by atoms with van der Waals surface area (Å²) in [6.07, 6.45) is 0. The van der Waals surface area contributed by atoms with E-state index in [1.54, 1.807) is 12.1 Å². The summed E-state index contributed by atoms with van der Waals surface area (Å²) < 4.78 is 6.69. The van der Waals surface area contributed by atoms with Gasteiger partial charge in [0.1, 0.15) is 5.76 Å². The zero-order valence-electron chi connectivity index (χ0n) is 13.2. The smallest absolute Gasteiger partial charge is 0.291 e. The molecule has 24 heavy (non-hydrogen) atoms. The first kappa shape index (κ1) is 16.8. The van der Waals surface area contributed by atoms with Crippen LogP contribution in [0.2, 0.25) is 5.02 Å². The maximum absolute atomic E-state index is 12.4. The summed E-state index contributed by atoms with van der Waals surface area (Å²) in [4.78, 5) is 12.4. The topological polar surface area (TPSA) is 42.2 Å². The van der Waals surface area contributed by atoms with Gasteiger partial charge in [-0.2, -0.15) is 0 Å². The lowest BCUT2D eigenvalue weighted by molar-refractivity contribution is 0.0997. The average Bonchev–Trinajstić information content (AvgIpc) is 3.02. The molecular formula is C19H15BrClNO2. The maximum atomic E-state index is 12.4. The number of hydrogen-bond donors (Lipinski definition) is 1. The van der Waals surface area contributed by atoms with Crippen LogP contribution >= 0.6 is 27.5 Å². The van der Waals surface area contributed by atoms with E-state index in [-0.39, 0.29) is 11.7 Å². The Morgan fingerprint density at radius 1 is 1.12 bits per heavy atom. The molecule has 0 radical (unpaired) electrons. The molecule has 0 bridgehead atoms. The Morgan fingerprint density at radius 3 is 2.67 bits per heavy atom. The van der Waals surface area contributed by atoms with Gasteiger partial charge in [0.2, 0.25) is 0 Å². The molecule has 1 N–H and O–H groups in total. The first-order valence-corrected chi connectivity index (χ1v) is 8.55. The highest BCUT2D eigenvalue weighted by Gasteiger charge is 2.15. The third-order valence-electron chi connectivity index (χ3n) is 3.80. The fourth-order valence-electron chi connectivity index (χ4n) is 2.43. The van der Waals surface area contributed by atoms with Crippen LogP contribution in [0.3, 0.4) is 0 Å². The Labute approximate surface area is 153 Å². The molecule has 0 spiro atoms. The first-order valence-electron chi connectivity index (χ1n) is 7.38. The number of carbonyl (C=O) groups excluding carboxylic acids is 1. The lowest BCUT2D eigenvalue weighted by atomic mass is 10.1. The minimum atomic E-state index is -0.286. The van der Waals surface area contributed by atoms with Crippen molar-refractivity contribution in [1.82, 2.24) is 0 Å². The SMILES string of the molecule is Cc1cc(Br)ccc1NC(=O)c1ccc(-c2cccc(Cl)c2C)o1. The zero-order chi connectivity index (χ0) is 17.3. The minimum Gasteiger partial charge on any atom is -0.451 e. The van der Waals surface area contributed by atoms with Gasteiger partial charge in [-0.3, -0.25) is 4.79 Å². The normalized spacial score (nSPS) is 10.7. The fraction of sp³-hybridized carbons (Fsp3) is 0.105. The molecule has 3 nitrogen and oxygen atoms in total. The molecule has 0 unspecified atom stereocenters. The van der Waals surface area contributed by atoms with E-state index in [9.17, 15) is 4.79 Å². The monoisotopic (exact) mass is 403 g/mol. The van der Waals surface area contributed by atoms with Crippen molar-refractivity contribution in [3.05, 3.63) is 74.9 Å². The van der Waals surface area contributed by atoms with Crippen molar-refractivity contribution < 1.29 is 9.21 Å². The summed E-state index contributed by atoms with van der Waals surface area (Å²) in [6, 6.07) is 14.7. The number of furan rings is 1. The number of nitrogens with one attached hydrogen (secondary N) is 1. The van der Waals surface area contributed by atoms with Crippen LogP contribution in [0.4, 0.5) is 5.69 Å². The number of hydrogen-bond acceptors (Lipinski definition) is 2. The molecular weight excluding hydrogens is 390 g/mol. The number of halogens is 2.